The van der Waals surface area contributed by atoms with Gasteiger partial charge in [-0.05, 0) is 30.7 Å². The Hall–Kier alpha value is -2.17. The zero-order chi connectivity index (χ0) is 19.3. The first-order valence-electron chi connectivity index (χ1n) is 8.01. The van der Waals surface area contributed by atoms with E-state index in [1.165, 1.54) is 24.3 Å². The van der Waals surface area contributed by atoms with Crippen LogP contribution in [0.1, 0.15) is 12.5 Å². The Morgan fingerprint density at radius 1 is 1.15 bits per heavy atom. The summed E-state index contributed by atoms with van der Waals surface area (Å²) in [6.07, 6.45) is -4.13. The maximum absolute atomic E-state index is 11.8. The average molecular weight is 370 g/mol. The Kier molecular flexibility index (Phi) is 6.95. The molecule has 0 bridgehead atoms. The summed E-state index contributed by atoms with van der Waals surface area (Å²) in [5.41, 5.74) is 0.459. The van der Waals surface area contributed by atoms with Crippen LogP contribution in [0.5, 0.6) is 11.5 Å². The molecule has 144 valence electrons. The summed E-state index contributed by atoms with van der Waals surface area (Å²) in [5.74, 6) is -1.35. The van der Waals surface area contributed by atoms with Crippen molar-refractivity contribution in [3.05, 3.63) is 29.8 Å². The largest absolute Gasteiger partial charge is 0.504 e. The normalized spacial score (nSPS) is 29.0. The summed E-state index contributed by atoms with van der Waals surface area (Å²) in [5, 5.41) is 48.1. The van der Waals surface area contributed by atoms with Gasteiger partial charge in [0.2, 0.25) is 0 Å². The van der Waals surface area contributed by atoms with Gasteiger partial charge < -0.3 is 39.7 Å². The lowest BCUT2D eigenvalue weighted by Gasteiger charge is -2.39. The van der Waals surface area contributed by atoms with Gasteiger partial charge in [-0.3, -0.25) is 0 Å². The second kappa shape index (κ2) is 8.97. The Morgan fingerprint density at radius 2 is 1.88 bits per heavy atom. The molecule has 1 aliphatic rings. The smallest absolute Gasteiger partial charge is 0.330 e. The number of aliphatic hydroxyl groups is 3. The molecule has 0 unspecified atom stereocenters. The van der Waals surface area contributed by atoms with Crippen LogP contribution in [0.25, 0.3) is 6.08 Å². The summed E-state index contributed by atoms with van der Waals surface area (Å²) < 4.78 is 15.4. The molecule has 5 atom stereocenters. The van der Waals surface area contributed by atoms with E-state index in [9.17, 15) is 30.3 Å². The molecule has 1 fully saturated rings. The fourth-order valence-corrected chi connectivity index (χ4v) is 2.38. The zero-order valence-corrected chi connectivity index (χ0v) is 14.1. The summed E-state index contributed by atoms with van der Waals surface area (Å²) in [4.78, 5) is 11.8. The van der Waals surface area contributed by atoms with E-state index in [0.29, 0.717) is 5.56 Å². The molecule has 0 radical (unpaired) electrons. The highest BCUT2D eigenvalue weighted by Crippen LogP contribution is 2.25. The number of carbonyl (C=O) groups excluding carboxylic acids is 1. The molecule has 0 aliphatic carbocycles. The maximum atomic E-state index is 11.8. The van der Waals surface area contributed by atoms with Gasteiger partial charge in [0.25, 0.3) is 0 Å². The van der Waals surface area contributed by atoms with E-state index in [4.69, 9.17) is 14.2 Å². The van der Waals surface area contributed by atoms with Gasteiger partial charge in [-0.2, -0.15) is 0 Å². The van der Waals surface area contributed by atoms with Crippen molar-refractivity contribution in [2.24, 2.45) is 0 Å². The molecule has 1 aromatic rings. The van der Waals surface area contributed by atoms with Crippen LogP contribution in [0.3, 0.4) is 0 Å². The van der Waals surface area contributed by atoms with Crippen LogP contribution >= 0.6 is 0 Å². The molecule has 2 rings (SSSR count). The van der Waals surface area contributed by atoms with E-state index in [1.54, 1.807) is 6.92 Å². The summed E-state index contributed by atoms with van der Waals surface area (Å²) in [6, 6.07) is 4.02. The van der Waals surface area contributed by atoms with E-state index in [0.717, 1.165) is 6.08 Å². The molecule has 9 heteroatoms. The molecule has 1 heterocycles. The topological polar surface area (TPSA) is 146 Å². The van der Waals surface area contributed by atoms with E-state index < -0.39 is 36.7 Å². The Morgan fingerprint density at radius 3 is 2.54 bits per heavy atom. The van der Waals surface area contributed by atoms with Crippen LogP contribution in [0.4, 0.5) is 0 Å². The van der Waals surface area contributed by atoms with Gasteiger partial charge in [-0.25, -0.2) is 4.79 Å². The van der Waals surface area contributed by atoms with Crippen LogP contribution < -0.4 is 0 Å². The maximum Gasteiger partial charge on any atom is 0.330 e. The van der Waals surface area contributed by atoms with Crippen molar-refractivity contribution in [1.82, 2.24) is 0 Å². The van der Waals surface area contributed by atoms with Gasteiger partial charge in [0.1, 0.15) is 31.0 Å². The predicted molar refractivity (Wildman–Crippen MR) is 88.1 cm³/mol. The van der Waals surface area contributed by atoms with Crippen LogP contribution in [0.2, 0.25) is 0 Å². The van der Waals surface area contributed by atoms with Gasteiger partial charge in [0.05, 0.1) is 0 Å². The molecular weight excluding hydrogens is 348 g/mol. The molecule has 5 N–H and O–H groups in total. The molecule has 0 amide bonds. The standard InChI is InChI=1S/C17H22O9/c1-2-24-17-16(23)15(22)14(21)12(26-17)8-25-13(20)6-4-9-3-5-10(18)11(19)7-9/h3-7,12,14-19,21-23H,2,8H2,1H3/b6-4+/t12-,14-,15+,16-,17-/m1/s1. The highest BCUT2D eigenvalue weighted by Gasteiger charge is 2.44. The van der Waals surface area contributed by atoms with Gasteiger partial charge in [-0.15, -0.1) is 0 Å². The third-order valence-electron chi connectivity index (χ3n) is 3.80. The second-order valence-corrected chi connectivity index (χ2v) is 5.68. The summed E-state index contributed by atoms with van der Waals surface area (Å²) in [7, 11) is 0. The number of phenolic OH excluding ortho intramolecular Hbond substituents is 2. The number of benzene rings is 1. The van der Waals surface area contributed by atoms with Crippen molar-refractivity contribution >= 4 is 12.0 Å². The van der Waals surface area contributed by atoms with Crippen LogP contribution in [0, 0.1) is 0 Å². The number of ether oxygens (including phenoxy) is 3. The number of rotatable bonds is 6. The highest BCUT2D eigenvalue weighted by molar-refractivity contribution is 5.87. The molecule has 26 heavy (non-hydrogen) atoms. The molecule has 1 aliphatic heterocycles. The molecule has 0 saturated carbocycles. The molecule has 9 nitrogen and oxygen atoms in total. The van der Waals surface area contributed by atoms with Crippen LogP contribution in [-0.4, -0.2) is 75.4 Å². The molecule has 1 aromatic carbocycles. The van der Waals surface area contributed by atoms with E-state index in [-0.39, 0.29) is 24.7 Å². The Bertz CT molecular complexity index is 645. The Balaban J connectivity index is 1.90. The van der Waals surface area contributed by atoms with E-state index >= 15 is 0 Å². The van der Waals surface area contributed by atoms with E-state index in [2.05, 4.69) is 0 Å². The van der Waals surface area contributed by atoms with Crippen molar-refractivity contribution in [1.29, 1.82) is 0 Å². The molecular formula is C17H22O9. The first-order valence-corrected chi connectivity index (χ1v) is 8.01. The number of hydrogen-bond donors (Lipinski definition) is 5. The third kappa shape index (κ3) is 4.93. The van der Waals surface area contributed by atoms with Gasteiger partial charge in [-0.1, -0.05) is 6.07 Å². The Labute approximate surface area is 149 Å². The van der Waals surface area contributed by atoms with Crippen LogP contribution in [0.15, 0.2) is 24.3 Å². The number of esters is 1. The molecule has 0 spiro atoms. The lowest BCUT2D eigenvalue weighted by Crippen LogP contribution is -2.59. The average Bonchev–Trinajstić information content (AvgIpc) is 2.62. The van der Waals surface area contributed by atoms with Gasteiger partial charge >= 0.3 is 5.97 Å². The molecule has 1 saturated heterocycles. The highest BCUT2D eigenvalue weighted by atomic mass is 16.7. The minimum atomic E-state index is -1.50. The number of aliphatic hydroxyl groups excluding tert-OH is 3. The van der Waals surface area contributed by atoms with Crippen molar-refractivity contribution in [3.63, 3.8) is 0 Å². The minimum absolute atomic E-state index is 0.221. The molecule has 0 aromatic heterocycles. The zero-order valence-electron chi connectivity index (χ0n) is 14.1. The van der Waals surface area contributed by atoms with E-state index in [1.807, 2.05) is 0 Å². The van der Waals surface area contributed by atoms with Crippen molar-refractivity contribution in [2.45, 2.75) is 37.6 Å². The first-order chi connectivity index (χ1) is 12.3. The number of aromatic hydroxyl groups is 2. The lowest BCUT2D eigenvalue weighted by molar-refractivity contribution is -0.300. The van der Waals surface area contributed by atoms with Gasteiger partial charge in [0.15, 0.2) is 17.8 Å². The predicted octanol–water partition coefficient (Wildman–Crippen LogP) is -0.502. The second-order valence-electron chi connectivity index (χ2n) is 5.68. The van der Waals surface area contributed by atoms with Gasteiger partial charge in [0, 0.05) is 12.7 Å². The third-order valence-corrected chi connectivity index (χ3v) is 3.80. The number of carbonyl (C=O) groups is 1. The van der Waals surface area contributed by atoms with Crippen molar-refractivity contribution in [2.75, 3.05) is 13.2 Å². The van der Waals surface area contributed by atoms with Crippen molar-refractivity contribution in [3.8, 4) is 11.5 Å². The minimum Gasteiger partial charge on any atom is -0.504 e. The number of hydrogen-bond acceptors (Lipinski definition) is 9. The summed E-state index contributed by atoms with van der Waals surface area (Å²) in [6.45, 7) is 1.53. The lowest BCUT2D eigenvalue weighted by atomic mass is 9.99. The fourth-order valence-electron chi connectivity index (χ4n) is 2.38. The van der Waals surface area contributed by atoms with Crippen LogP contribution in [-0.2, 0) is 19.0 Å². The first kappa shape index (κ1) is 20.1. The SMILES string of the molecule is CCO[C@@H]1O[C@H](COC(=O)/C=C/c2ccc(O)c(O)c2)[C@@H](O)[C@H](O)[C@H]1O. The number of phenols is 2. The van der Waals surface area contributed by atoms with Crippen molar-refractivity contribution < 1.29 is 44.5 Å². The quantitative estimate of drug-likeness (QED) is 0.254. The summed E-state index contributed by atoms with van der Waals surface area (Å²) >= 11 is 0. The monoisotopic (exact) mass is 370 g/mol. The fraction of sp³-hybridized carbons (Fsp3) is 0.471.